The van der Waals surface area contributed by atoms with E-state index in [1.54, 1.807) is 0 Å². The van der Waals surface area contributed by atoms with Crippen molar-refractivity contribution in [1.29, 1.82) is 0 Å². The fourth-order valence-electron chi connectivity index (χ4n) is 4.66. The van der Waals surface area contributed by atoms with Crippen molar-refractivity contribution >= 4 is 34.5 Å². The van der Waals surface area contributed by atoms with Gasteiger partial charge >= 0.3 is 5.91 Å². The number of carbonyl (C=O) groups is 3. The molecule has 3 fully saturated rings. The summed E-state index contributed by atoms with van der Waals surface area (Å²) in [5, 5.41) is 16.8. The molecule has 3 aliphatic rings. The van der Waals surface area contributed by atoms with Crippen molar-refractivity contribution in [2.75, 3.05) is 25.4 Å². The van der Waals surface area contributed by atoms with Gasteiger partial charge in [-0.1, -0.05) is 50.3 Å². The number of ketones is 1. The molecule has 0 aromatic rings. The van der Waals surface area contributed by atoms with E-state index >= 15 is 0 Å². The number of aliphatic hydroxyl groups excluding tert-OH is 1. The van der Waals surface area contributed by atoms with Crippen LogP contribution in [0.4, 0.5) is 0 Å². The first-order chi connectivity index (χ1) is 14.6. The molecule has 2 aliphatic carbocycles. The lowest BCUT2D eigenvalue weighted by Gasteiger charge is -2.31. The number of nitrogens with zero attached hydrogens (tertiary/aromatic N) is 2. The van der Waals surface area contributed by atoms with Crippen LogP contribution in [-0.4, -0.2) is 64.3 Å². The van der Waals surface area contributed by atoms with Gasteiger partial charge in [-0.3, -0.25) is 14.4 Å². The van der Waals surface area contributed by atoms with Crippen LogP contribution >= 0.6 is 11.8 Å². The van der Waals surface area contributed by atoms with Gasteiger partial charge in [0.05, 0.1) is 6.61 Å². The van der Waals surface area contributed by atoms with Crippen molar-refractivity contribution in [2.45, 2.75) is 70.3 Å². The molecule has 0 radical (unpaired) electrons. The molecule has 0 bridgehead atoms. The Morgan fingerprint density at radius 2 is 1.73 bits per heavy atom. The minimum atomic E-state index is -0.779. The average Bonchev–Trinajstić information content (AvgIpc) is 3.23. The third-order valence-electron chi connectivity index (χ3n) is 6.39. The van der Waals surface area contributed by atoms with Gasteiger partial charge < -0.3 is 15.3 Å². The second-order valence-electron chi connectivity index (χ2n) is 8.48. The zero-order chi connectivity index (χ0) is 21.3. The van der Waals surface area contributed by atoms with E-state index in [1.165, 1.54) is 11.8 Å². The van der Waals surface area contributed by atoms with Gasteiger partial charge in [-0.05, 0) is 31.6 Å². The molecule has 1 saturated heterocycles. The summed E-state index contributed by atoms with van der Waals surface area (Å²) < 4.78 is 0. The topological polar surface area (TPSA) is 111 Å². The average molecular weight is 439 g/mol. The number of nitrogens with one attached hydrogen (secondary N) is 2. The lowest BCUT2D eigenvalue weighted by Crippen LogP contribution is -2.52. The number of hydrogen-bond donors (Lipinski definition) is 3. The summed E-state index contributed by atoms with van der Waals surface area (Å²) in [5.41, 5.74) is 2.39. The van der Waals surface area contributed by atoms with Gasteiger partial charge in [-0.25, -0.2) is 5.43 Å². The zero-order valence-corrected chi connectivity index (χ0v) is 18.4. The number of Topliss-reactive ketones (excluding diaryl/α,β-unsaturated/α-hetero) is 1. The second-order valence-corrected chi connectivity index (χ2v) is 9.54. The minimum absolute atomic E-state index is 0.00338. The smallest absolute Gasteiger partial charge is 0.309 e. The molecule has 0 aromatic carbocycles. The van der Waals surface area contributed by atoms with Crippen molar-refractivity contribution in [2.24, 2.45) is 16.9 Å². The summed E-state index contributed by atoms with van der Waals surface area (Å²) in [7, 11) is 0. The molecule has 0 aromatic heterocycles. The molecule has 8 nitrogen and oxygen atoms in total. The van der Waals surface area contributed by atoms with Crippen molar-refractivity contribution in [3.05, 3.63) is 0 Å². The van der Waals surface area contributed by atoms with Crippen LogP contribution in [-0.2, 0) is 14.4 Å². The van der Waals surface area contributed by atoms with Gasteiger partial charge in [0.1, 0.15) is 6.04 Å². The summed E-state index contributed by atoms with van der Waals surface area (Å²) >= 11 is 1.48. The maximum Gasteiger partial charge on any atom is 0.309 e. The minimum Gasteiger partial charge on any atom is -0.395 e. The number of rotatable bonds is 8. The van der Waals surface area contributed by atoms with E-state index in [0.29, 0.717) is 11.7 Å². The molecule has 1 heterocycles. The Bertz CT molecular complexity index is 645. The standard InChI is InChI=1S/C21H34N4O4S/c26-13-11-25-12-14-30-21(25)24-23-20(29)18(27)17(15-7-3-1-4-8-15)22-19(28)16-9-5-2-6-10-16/h15-17,26H,1-14H2,(H,22,28)(H,23,29)/b24-21-. The van der Waals surface area contributed by atoms with Gasteiger partial charge in [0.15, 0.2) is 5.17 Å². The lowest BCUT2D eigenvalue weighted by molar-refractivity contribution is -0.141. The predicted molar refractivity (Wildman–Crippen MR) is 117 cm³/mol. The summed E-state index contributed by atoms with van der Waals surface area (Å²) in [6.45, 7) is 1.19. The van der Waals surface area contributed by atoms with Crippen LogP contribution in [0.3, 0.4) is 0 Å². The quantitative estimate of drug-likeness (QED) is 0.392. The fraction of sp³-hybridized carbons (Fsp3) is 0.810. The van der Waals surface area contributed by atoms with Crippen molar-refractivity contribution in [1.82, 2.24) is 15.6 Å². The van der Waals surface area contributed by atoms with Crippen molar-refractivity contribution in [3.63, 3.8) is 0 Å². The first-order valence-electron chi connectivity index (χ1n) is 11.3. The highest BCUT2D eigenvalue weighted by Crippen LogP contribution is 2.29. The lowest BCUT2D eigenvalue weighted by atomic mass is 9.81. The zero-order valence-electron chi connectivity index (χ0n) is 17.6. The van der Waals surface area contributed by atoms with Gasteiger partial charge in [-0.15, -0.1) is 5.10 Å². The number of aliphatic hydroxyl groups is 1. The third kappa shape index (κ3) is 6.20. The fourth-order valence-corrected chi connectivity index (χ4v) is 5.63. The number of amidine groups is 1. The molecular formula is C21H34N4O4S. The van der Waals surface area contributed by atoms with E-state index in [2.05, 4.69) is 15.8 Å². The Kier molecular flexibility index (Phi) is 8.99. The Balaban J connectivity index is 1.64. The van der Waals surface area contributed by atoms with Crippen LogP contribution < -0.4 is 10.7 Å². The Hall–Kier alpha value is -1.61. The molecule has 2 saturated carbocycles. The summed E-state index contributed by atoms with van der Waals surface area (Å²) in [4.78, 5) is 40.3. The molecule has 30 heavy (non-hydrogen) atoms. The van der Waals surface area contributed by atoms with Gasteiger partial charge in [-0.2, -0.15) is 0 Å². The molecule has 1 unspecified atom stereocenters. The normalized spacial score (nSPS) is 23.4. The van der Waals surface area contributed by atoms with Gasteiger partial charge in [0, 0.05) is 24.8 Å². The molecule has 3 rings (SSSR count). The van der Waals surface area contributed by atoms with Crippen LogP contribution in [0, 0.1) is 11.8 Å². The number of β-amino-alcohol motifs (C(OH)–C–C–N with tert-alkyl or cyclic N) is 1. The van der Waals surface area contributed by atoms with E-state index < -0.39 is 17.7 Å². The third-order valence-corrected chi connectivity index (χ3v) is 7.38. The number of hydrazone groups is 1. The molecular weight excluding hydrogens is 404 g/mol. The van der Waals surface area contributed by atoms with Gasteiger partial charge in [0.2, 0.25) is 11.7 Å². The molecule has 0 spiro atoms. The summed E-state index contributed by atoms with van der Waals surface area (Å²) in [5.74, 6) is -0.694. The van der Waals surface area contributed by atoms with Crippen molar-refractivity contribution in [3.8, 4) is 0 Å². The SMILES string of the molecule is O=C(N/N=C1\SCCN1CCO)C(=O)C(NC(=O)C1CCCCC1)C1CCCCC1. The highest BCUT2D eigenvalue weighted by Gasteiger charge is 2.36. The largest absolute Gasteiger partial charge is 0.395 e. The van der Waals surface area contributed by atoms with Gasteiger partial charge in [0.25, 0.3) is 0 Å². The van der Waals surface area contributed by atoms with Crippen LogP contribution in [0.1, 0.15) is 64.2 Å². The molecule has 168 valence electrons. The number of carbonyl (C=O) groups excluding carboxylic acids is 3. The Morgan fingerprint density at radius 3 is 2.40 bits per heavy atom. The van der Waals surface area contributed by atoms with E-state index in [9.17, 15) is 14.4 Å². The second kappa shape index (κ2) is 11.7. The van der Waals surface area contributed by atoms with E-state index in [0.717, 1.165) is 76.5 Å². The summed E-state index contributed by atoms with van der Waals surface area (Å²) in [6.07, 6.45) is 9.82. The predicted octanol–water partition coefficient (Wildman–Crippen LogP) is 1.63. The first-order valence-corrected chi connectivity index (χ1v) is 12.3. The number of thioether (sulfide) groups is 1. The molecule has 1 atom stereocenters. The van der Waals surface area contributed by atoms with E-state index in [4.69, 9.17) is 5.11 Å². The van der Waals surface area contributed by atoms with Crippen LogP contribution in [0.25, 0.3) is 0 Å². The molecule has 1 aliphatic heterocycles. The maximum absolute atomic E-state index is 13.0. The van der Waals surface area contributed by atoms with E-state index in [-0.39, 0.29) is 24.3 Å². The highest BCUT2D eigenvalue weighted by atomic mass is 32.2. The van der Waals surface area contributed by atoms with Crippen LogP contribution in [0.2, 0.25) is 0 Å². The summed E-state index contributed by atoms with van der Waals surface area (Å²) in [6, 6.07) is -0.773. The van der Waals surface area contributed by atoms with Crippen LogP contribution in [0.5, 0.6) is 0 Å². The monoisotopic (exact) mass is 438 g/mol. The Morgan fingerprint density at radius 1 is 1.07 bits per heavy atom. The van der Waals surface area contributed by atoms with E-state index in [1.807, 2.05) is 4.90 Å². The highest BCUT2D eigenvalue weighted by molar-refractivity contribution is 8.14. The molecule has 9 heteroatoms. The molecule has 3 N–H and O–H groups in total. The Labute approximate surface area is 182 Å². The first kappa shape index (κ1) is 23.1. The number of amides is 2. The van der Waals surface area contributed by atoms with Crippen LogP contribution in [0.15, 0.2) is 5.10 Å². The number of hydrogen-bond acceptors (Lipinski definition) is 6. The molecule has 2 amide bonds. The maximum atomic E-state index is 13.0. The van der Waals surface area contributed by atoms with Crippen molar-refractivity contribution < 1.29 is 19.5 Å².